The van der Waals surface area contributed by atoms with Crippen molar-refractivity contribution in [3.8, 4) is 0 Å². The van der Waals surface area contributed by atoms with E-state index in [1.54, 1.807) is 0 Å². The molecule has 0 aromatic heterocycles. The van der Waals surface area contributed by atoms with Crippen LogP contribution < -0.4 is 0 Å². The van der Waals surface area contributed by atoms with Gasteiger partial charge >= 0.3 is 0 Å². The highest BCUT2D eigenvalue weighted by Crippen LogP contribution is 2.27. The predicted octanol–water partition coefficient (Wildman–Crippen LogP) is 1.83. The molecule has 64 valence electrons. The van der Waals surface area contributed by atoms with Crippen LogP contribution in [0.15, 0.2) is 0 Å². The van der Waals surface area contributed by atoms with Gasteiger partial charge in [-0.05, 0) is 30.3 Å². The van der Waals surface area contributed by atoms with Gasteiger partial charge in [0.05, 0.1) is 0 Å². The summed E-state index contributed by atoms with van der Waals surface area (Å²) in [6.45, 7) is 5.10. The second kappa shape index (κ2) is 3.36. The quantitative estimate of drug-likeness (QED) is 0.592. The molecule has 0 aromatic rings. The predicted molar refractivity (Wildman–Crippen MR) is 51.1 cm³/mol. The second-order valence-electron chi connectivity index (χ2n) is 3.90. The third-order valence-corrected chi connectivity index (χ3v) is 3.85. The maximum atomic E-state index is 2.67. The average Bonchev–Trinajstić information content (AvgIpc) is 2.01. The van der Waals surface area contributed by atoms with Crippen LogP contribution in [0.2, 0.25) is 0 Å². The van der Waals surface area contributed by atoms with E-state index >= 15 is 0 Å². The largest absolute Gasteiger partial charge is 0.300 e. The van der Waals surface area contributed by atoms with Crippen molar-refractivity contribution in [2.24, 2.45) is 5.92 Å². The van der Waals surface area contributed by atoms with Crippen molar-refractivity contribution in [3.05, 3.63) is 0 Å². The second-order valence-corrected chi connectivity index (χ2v) is 5.13. The van der Waals surface area contributed by atoms with Crippen LogP contribution in [0.5, 0.6) is 0 Å². The first-order chi connectivity index (χ1) is 5.36. The standard InChI is InChI=1S/C9H17NS/c1-8-6-10(7-8)9-2-4-11-5-3-9/h8-9H,2-7H2,1H3. The molecule has 2 heterocycles. The minimum Gasteiger partial charge on any atom is -0.300 e. The molecule has 0 aromatic carbocycles. The molecule has 0 bridgehead atoms. The molecule has 0 saturated carbocycles. The zero-order valence-corrected chi connectivity index (χ0v) is 8.07. The minimum absolute atomic E-state index is 0.951. The van der Waals surface area contributed by atoms with Gasteiger partial charge in [0.2, 0.25) is 0 Å². The Bertz CT molecular complexity index is 126. The highest BCUT2D eigenvalue weighted by molar-refractivity contribution is 7.99. The van der Waals surface area contributed by atoms with Crippen molar-refractivity contribution >= 4 is 11.8 Å². The molecular formula is C9H17NS. The highest BCUT2D eigenvalue weighted by Gasteiger charge is 2.29. The molecule has 1 nitrogen and oxygen atoms in total. The lowest BCUT2D eigenvalue weighted by molar-refractivity contribution is 0.0582. The van der Waals surface area contributed by atoms with Gasteiger partial charge in [0.1, 0.15) is 0 Å². The van der Waals surface area contributed by atoms with E-state index in [2.05, 4.69) is 23.6 Å². The van der Waals surface area contributed by atoms with Gasteiger partial charge in [-0.1, -0.05) is 6.92 Å². The fraction of sp³-hybridized carbons (Fsp3) is 1.00. The van der Waals surface area contributed by atoms with E-state index in [0.29, 0.717) is 0 Å². The lowest BCUT2D eigenvalue weighted by Gasteiger charge is -2.44. The molecule has 2 aliphatic rings. The van der Waals surface area contributed by atoms with Crippen molar-refractivity contribution in [3.63, 3.8) is 0 Å². The summed E-state index contributed by atoms with van der Waals surface area (Å²) in [5.74, 6) is 3.77. The number of nitrogens with zero attached hydrogens (tertiary/aromatic N) is 1. The first kappa shape index (κ1) is 7.93. The van der Waals surface area contributed by atoms with Crippen LogP contribution in [0.4, 0.5) is 0 Å². The summed E-state index contributed by atoms with van der Waals surface area (Å²) >= 11 is 2.12. The first-order valence-electron chi connectivity index (χ1n) is 4.68. The molecule has 0 amide bonds. The van der Waals surface area contributed by atoms with Crippen LogP contribution in [-0.2, 0) is 0 Å². The highest BCUT2D eigenvalue weighted by atomic mass is 32.2. The van der Waals surface area contributed by atoms with Gasteiger partial charge in [-0.2, -0.15) is 11.8 Å². The first-order valence-corrected chi connectivity index (χ1v) is 5.83. The van der Waals surface area contributed by atoms with Crippen LogP contribution in [0.25, 0.3) is 0 Å². The van der Waals surface area contributed by atoms with Gasteiger partial charge < -0.3 is 0 Å². The lowest BCUT2D eigenvalue weighted by atomic mass is 9.97. The number of hydrogen-bond acceptors (Lipinski definition) is 2. The molecular weight excluding hydrogens is 154 g/mol. The van der Waals surface area contributed by atoms with E-state index < -0.39 is 0 Å². The van der Waals surface area contributed by atoms with Gasteiger partial charge in [0.25, 0.3) is 0 Å². The summed E-state index contributed by atoms with van der Waals surface area (Å²) in [4.78, 5) is 2.67. The third-order valence-electron chi connectivity index (χ3n) is 2.80. The van der Waals surface area contributed by atoms with Crippen molar-refractivity contribution in [1.82, 2.24) is 4.90 Å². The molecule has 0 N–H and O–H groups in total. The monoisotopic (exact) mass is 171 g/mol. The fourth-order valence-electron chi connectivity index (χ4n) is 2.10. The molecule has 0 radical (unpaired) electrons. The summed E-state index contributed by atoms with van der Waals surface area (Å²) in [5.41, 5.74) is 0. The average molecular weight is 171 g/mol. The summed E-state index contributed by atoms with van der Waals surface area (Å²) in [6.07, 6.45) is 2.88. The maximum Gasteiger partial charge on any atom is 0.0111 e. The summed E-state index contributed by atoms with van der Waals surface area (Å²) in [5, 5.41) is 0. The Balaban J connectivity index is 1.76. The van der Waals surface area contributed by atoms with E-state index in [9.17, 15) is 0 Å². The van der Waals surface area contributed by atoms with Crippen LogP contribution in [0, 0.1) is 5.92 Å². The zero-order chi connectivity index (χ0) is 7.68. The van der Waals surface area contributed by atoms with Crippen LogP contribution in [0.3, 0.4) is 0 Å². The Morgan fingerprint density at radius 1 is 1.18 bits per heavy atom. The van der Waals surface area contributed by atoms with Gasteiger partial charge in [-0.25, -0.2) is 0 Å². The molecule has 11 heavy (non-hydrogen) atoms. The van der Waals surface area contributed by atoms with Crippen LogP contribution in [0.1, 0.15) is 19.8 Å². The number of thioether (sulfide) groups is 1. The molecule has 0 unspecified atom stereocenters. The van der Waals surface area contributed by atoms with Gasteiger partial charge in [0.15, 0.2) is 0 Å². The Kier molecular flexibility index (Phi) is 2.42. The molecule has 2 rings (SSSR count). The Morgan fingerprint density at radius 3 is 2.36 bits per heavy atom. The molecule has 0 spiro atoms. The summed E-state index contributed by atoms with van der Waals surface area (Å²) in [6, 6.07) is 0.951. The molecule has 0 aliphatic carbocycles. The Hall–Kier alpha value is 0.310. The number of rotatable bonds is 1. The van der Waals surface area contributed by atoms with E-state index in [4.69, 9.17) is 0 Å². The smallest absolute Gasteiger partial charge is 0.0111 e. The fourth-order valence-corrected chi connectivity index (χ4v) is 3.18. The normalized spacial score (nSPS) is 30.3. The number of hydrogen-bond donors (Lipinski definition) is 0. The van der Waals surface area contributed by atoms with Crippen molar-refractivity contribution in [2.75, 3.05) is 24.6 Å². The van der Waals surface area contributed by atoms with E-state index in [1.807, 2.05) is 0 Å². The van der Waals surface area contributed by atoms with Crippen molar-refractivity contribution in [1.29, 1.82) is 0 Å². The van der Waals surface area contributed by atoms with Gasteiger partial charge in [-0.15, -0.1) is 0 Å². The Morgan fingerprint density at radius 2 is 1.82 bits per heavy atom. The Labute approximate surface area is 73.5 Å². The lowest BCUT2D eigenvalue weighted by Crippen LogP contribution is -2.51. The van der Waals surface area contributed by atoms with E-state index in [1.165, 1.54) is 37.4 Å². The molecule has 2 heteroatoms. The molecule has 2 aliphatic heterocycles. The van der Waals surface area contributed by atoms with Crippen molar-refractivity contribution < 1.29 is 0 Å². The van der Waals surface area contributed by atoms with Crippen molar-refractivity contribution in [2.45, 2.75) is 25.8 Å². The zero-order valence-electron chi connectivity index (χ0n) is 7.25. The summed E-state index contributed by atoms with van der Waals surface area (Å²) in [7, 11) is 0. The third kappa shape index (κ3) is 1.73. The maximum absolute atomic E-state index is 2.67. The molecule has 2 fully saturated rings. The molecule has 0 atom stereocenters. The minimum atomic E-state index is 0.951. The van der Waals surface area contributed by atoms with E-state index in [-0.39, 0.29) is 0 Å². The van der Waals surface area contributed by atoms with Gasteiger partial charge in [0, 0.05) is 19.1 Å². The topological polar surface area (TPSA) is 3.24 Å². The van der Waals surface area contributed by atoms with E-state index in [0.717, 1.165) is 12.0 Å². The van der Waals surface area contributed by atoms with Crippen LogP contribution in [-0.4, -0.2) is 35.5 Å². The van der Waals surface area contributed by atoms with Crippen LogP contribution >= 0.6 is 11.8 Å². The number of likely N-dealkylation sites (tertiary alicyclic amines) is 1. The summed E-state index contributed by atoms with van der Waals surface area (Å²) < 4.78 is 0. The molecule has 2 saturated heterocycles. The SMILES string of the molecule is CC1CN(C2CCSCC2)C1. The van der Waals surface area contributed by atoms with Gasteiger partial charge in [-0.3, -0.25) is 4.90 Å².